The quantitative estimate of drug-likeness (QED) is 0.857. The van der Waals surface area contributed by atoms with Crippen LogP contribution in [-0.2, 0) is 11.2 Å². The topological polar surface area (TPSA) is 60.7 Å². The van der Waals surface area contributed by atoms with Crippen LogP contribution in [0.1, 0.15) is 18.9 Å². The van der Waals surface area contributed by atoms with Gasteiger partial charge in [0.2, 0.25) is 0 Å². The fourth-order valence-electron chi connectivity index (χ4n) is 2.69. The van der Waals surface area contributed by atoms with Crippen molar-refractivity contribution in [3.05, 3.63) is 40.2 Å². The minimum Gasteiger partial charge on any atom is -0.491 e. The molecule has 1 atom stereocenters. The van der Waals surface area contributed by atoms with Gasteiger partial charge >= 0.3 is 5.63 Å². The minimum absolute atomic E-state index is 0.0582. The zero-order chi connectivity index (χ0) is 15.4. The molecule has 0 aliphatic carbocycles. The molecule has 2 aromatic rings. The number of ether oxygens (including phenoxy) is 2. The molecular formula is C17H21NO4. The fourth-order valence-corrected chi connectivity index (χ4v) is 2.69. The maximum Gasteiger partial charge on any atom is 0.336 e. The van der Waals surface area contributed by atoms with Crippen molar-refractivity contribution in [1.29, 1.82) is 0 Å². The lowest BCUT2D eigenvalue weighted by Gasteiger charge is -2.23. The maximum atomic E-state index is 11.7. The normalized spacial score (nSPS) is 18.5. The molecule has 1 fully saturated rings. The summed E-state index contributed by atoms with van der Waals surface area (Å²) in [5.74, 6) is 0.693. The van der Waals surface area contributed by atoms with E-state index in [4.69, 9.17) is 13.9 Å². The van der Waals surface area contributed by atoms with Gasteiger partial charge in [0.05, 0.1) is 6.61 Å². The zero-order valence-corrected chi connectivity index (χ0v) is 12.8. The molecule has 1 N–H and O–H groups in total. The van der Waals surface area contributed by atoms with Crippen molar-refractivity contribution in [2.45, 2.75) is 25.9 Å². The number of morpholine rings is 1. The number of fused-ring (bicyclic) bond motifs is 1. The first-order valence-corrected chi connectivity index (χ1v) is 7.78. The van der Waals surface area contributed by atoms with Crippen LogP contribution in [0.5, 0.6) is 5.75 Å². The molecule has 1 aliphatic heterocycles. The number of hydrogen-bond donors (Lipinski definition) is 1. The number of rotatable bonds is 5. The first-order valence-electron chi connectivity index (χ1n) is 7.78. The summed E-state index contributed by atoms with van der Waals surface area (Å²) in [6.07, 6.45) is 1.91. The molecule has 0 radical (unpaired) electrons. The van der Waals surface area contributed by atoms with Gasteiger partial charge in [0, 0.05) is 30.6 Å². The van der Waals surface area contributed by atoms with Crippen LogP contribution < -0.4 is 15.7 Å². The number of benzene rings is 1. The van der Waals surface area contributed by atoms with E-state index in [9.17, 15) is 4.79 Å². The summed E-state index contributed by atoms with van der Waals surface area (Å²) in [6, 6.07) is 7.23. The van der Waals surface area contributed by atoms with Crippen molar-refractivity contribution in [3.8, 4) is 5.75 Å². The van der Waals surface area contributed by atoms with E-state index in [-0.39, 0.29) is 11.7 Å². The third-order valence-corrected chi connectivity index (χ3v) is 3.76. The van der Waals surface area contributed by atoms with Crippen molar-refractivity contribution in [3.63, 3.8) is 0 Å². The van der Waals surface area contributed by atoms with Gasteiger partial charge in [-0.15, -0.1) is 0 Å². The molecule has 1 aromatic heterocycles. The third kappa shape index (κ3) is 3.48. The van der Waals surface area contributed by atoms with Crippen LogP contribution in [0.25, 0.3) is 11.0 Å². The average Bonchev–Trinajstić information content (AvgIpc) is 2.54. The molecule has 118 valence electrons. The van der Waals surface area contributed by atoms with Crippen LogP contribution in [0.2, 0.25) is 0 Å². The van der Waals surface area contributed by atoms with E-state index in [1.807, 2.05) is 12.1 Å². The van der Waals surface area contributed by atoms with E-state index in [1.165, 1.54) is 0 Å². The van der Waals surface area contributed by atoms with Crippen molar-refractivity contribution in [2.24, 2.45) is 0 Å². The monoisotopic (exact) mass is 303 g/mol. The summed E-state index contributed by atoms with van der Waals surface area (Å²) in [5, 5.41) is 4.24. The summed E-state index contributed by atoms with van der Waals surface area (Å²) in [5.41, 5.74) is 1.30. The molecular weight excluding hydrogens is 282 g/mol. The van der Waals surface area contributed by atoms with E-state index in [0.717, 1.165) is 36.9 Å². The summed E-state index contributed by atoms with van der Waals surface area (Å²) < 4.78 is 16.7. The highest BCUT2D eigenvalue weighted by Crippen LogP contribution is 2.23. The van der Waals surface area contributed by atoms with Crippen LogP contribution in [0.4, 0.5) is 0 Å². The second-order valence-electron chi connectivity index (χ2n) is 5.51. The Labute approximate surface area is 129 Å². The van der Waals surface area contributed by atoms with Crippen molar-refractivity contribution >= 4 is 11.0 Å². The van der Waals surface area contributed by atoms with Gasteiger partial charge in [-0.3, -0.25) is 0 Å². The molecule has 2 heterocycles. The van der Waals surface area contributed by atoms with E-state index in [1.54, 1.807) is 12.1 Å². The standard InChI is InChI=1S/C17H21NO4/c1-2-3-12-8-17(19)22-16-9-13(4-5-15(12)16)21-11-14-10-18-6-7-20-14/h4-5,8-9,14,18H,2-3,6-7,10-11H2,1H3. The Hall–Kier alpha value is -1.85. The van der Waals surface area contributed by atoms with E-state index >= 15 is 0 Å². The highest BCUT2D eigenvalue weighted by molar-refractivity contribution is 5.81. The molecule has 0 saturated carbocycles. The lowest BCUT2D eigenvalue weighted by atomic mass is 10.1. The molecule has 0 bridgehead atoms. The van der Waals surface area contributed by atoms with Gasteiger partial charge in [-0.1, -0.05) is 13.3 Å². The second-order valence-corrected chi connectivity index (χ2v) is 5.51. The molecule has 5 nitrogen and oxygen atoms in total. The average molecular weight is 303 g/mol. The third-order valence-electron chi connectivity index (χ3n) is 3.76. The lowest BCUT2D eigenvalue weighted by molar-refractivity contribution is 0.000206. The van der Waals surface area contributed by atoms with Gasteiger partial charge in [-0.25, -0.2) is 4.79 Å². The van der Waals surface area contributed by atoms with Gasteiger partial charge in [0.15, 0.2) is 0 Å². The Morgan fingerprint density at radius 3 is 3.05 bits per heavy atom. The number of hydrogen-bond acceptors (Lipinski definition) is 5. The molecule has 1 aromatic carbocycles. The first kappa shape index (κ1) is 15.1. The van der Waals surface area contributed by atoms with Crippen molar-refractivity contribution in [1.82, 2.24) is 5.32 Å². The largest absolute Gasteiger partial charge is 0.491 e. The summed E-state index contributed by atoms with van der Waals surface area (Å²) in [7, 11) is 0. The first-order chi connectivity index (χ1) is 10.8. The molecule has 0 amide bonds. The Morgan fingerprint density at radius 1 is 1.36 bits per heavy atom. The SMILES string of the molecule is CCCc1cc(=O)oc2cc(OCC3CNCCO3)ccc12. The fraction of sp³-hybridized carbons (Fsp3) is 0.471. The van der Waals surface area contributed by atoms with Crippen LogP contribution in [-0.4, -0.2) is 32.4 Å². The molecule has 1 saturated heterocycles. The Kier molecular flexibility index (Phi) is 4.75. The summed E-state index contributed by atoms with van der Waals surface area (Å²) in [4.78, 5) is 11.7. The van der Waals surface area contributed by atoms with Gasteiger partial charge in [-0.2, -0.15) is 0 Å². The van der Waals surface area contributed by atoms with Gasteiger partial charge < -0.3 is 19.2 Å². The molecule has 1 aliphatic rings. The van der Waals surface area contributed by atoms with Crippen molar-refractivity contribution < 1.29 is 13.9 Å². The molecule has 0 spiro atoms. The van der Waals surface area contributed by atoms with E-state index in [2.05, 4.69) is 12.2 Å². The predicted molar refractivity (Wildman–Crippen MR) is 84.6 cm³/mol. The molecule has 1 unspecified atom stereocenters. The van der Waals surface area contributed by atoms with Crippen LogP contribution in [0, 0.1) is 0 Å². The van der Waals surface area contributed by atoms with E-state index in [0.29, 0.717) is 24.5 Å². The van der Waals surface area contributed by atoms with Gasteiger partial charge in [0.25, 0.3) is 0 Å². The molecule has 22 heavy (non-hydrogen) atoms. The number of nitrogens with one attached hydrogen (secondary N) is 1. The summed E-state index contributed by atoms with van der Waals surface area (Å²) >= 11 is 0. The maximum absolute atomic E-state index is 11.7. The van der Waals surface area contributed by atoms with E-state index < -0.39 is 0 Å². The summed E-state index contributed by atoms with van der Waals surface area (Å²) in [6.45, 7) is 4.97. The van der Waals surface area contributed by atoms with Crippen LogP contribution in [0.3, 0.4) is 0 Å². The smallest absolute Gasteiger partial charge is 0.336 e. The zero-order valence-electron chi connectivity index (χ0n) is 12.8. The second kappa shape index (κ2) is 6.94. The predicted octanol–water partition coefficient (Wildman–Crippen LogP) is 2.11. The highest BCUT2D eigenvalue weighted by Gasteiger charge is 2.14. The van der Waals surface area contributed by atoms with Gasteiger partial charge in [-0.05, 0) is 24.1 Å². The van der Waals surface area contributed by atoms with Crippen LogP contribution in [0.15, 0.2) is 33.5 Å². The minimum atomic E-state index is -0.312. The Bertz CT molecular complexity index is 689. The van der Waals surface area contributed by atoms with Gasteiger partial charge in [0.1, 0.15) is 24.0 Å². The lowest BCUT2D eigenvalue weighted by Crippen LogP contribution is -2.41. The Morgan fingerprint density at radius 2 is 2.27 bits per heavy atom. The van der Waals surface area contributed by atoms with Crippen molar-refractivity contribution in [2.75, 3.05) is 26.3 Å². The molecule has 5 heteroatoms. The highest BCUT2D eigenvalue weighted by atomic mass is 16.5. The van der Waals surface area contributed by atoms with Crippen LogP contribution >= 0.6 is 0 Å². The molecule has 3 rings (SSSR count). The Balaban J connectivity index is 1.78. The number of aryl methyl sites for hydroxylation is 1.